The highest BCUT2D eigenvalue weighted by atomic mass is 16.5. The summed E-state index contributed by atoms with van der Waals surface area (Å²) in [5.41, 5.74) is 3.86. The first-order chi connectivity index (χ1) is 11.6. The molecule has 2 aromatic carbocycles. The number of rotatable bonds is 5. The van der Waals surface area contributed by atoms with Crippen molar-refractivity contribution in [3.63, 3.8) is 0 Å². The van der Waals surface area contributed by atoms with E-state index in [9.17, 15) is 9.59 Å². The van der Waals surface area contributed by atoms with E-state index >= 15 is 0 Å². The van der Waals surface area contributed by atoms with Crippen molar-refractivity contribution in [1.29, 1.82) is 0 Å². The largest absolute Gasteiger partial charge is 0.497 e. The Kier molecular flexibility index (Phi) is 4.65. The monoisotopic (exact) mass is 323 g/mol. The van der Waals surface area contributed by atoms with Crippen LogP contribution in [0.2, 0.25) is 0 Å². The van der Waals surface area contributed by atoms with Gasteiger partial charge in [0, 0.05) is 24.2 Å². The number of nitrogens with zero attached hydrogens (tertiary/aromatic N) is 1. The number of methoxy groups -OCH3 is 1. The average Bonchev–Trinajstić information content (AvgIpc) is 3.03. The first kappa shape index (κ1) is 16.2. The van der Waals surface area contributed by atoms with Gasteiger partial charge in [0.2, 0.25) is 5.91 Å². The van der Waals surface area contributed by atoms with Gasteiger partial charge in [0.25, 0.3) is 0 Å². The van der Waals surface area contributed by atoms with E-state index < -0.39 is 0 Å². The fraction of sp³-hybridized carbons (Fsp3) is 0.300. The number of aryl methyl sites for hydroxylation is 1. The molecule has 0 unspecified atom stereocenters. The molecular formula is C20H21NO3. The molecule has 124 valence electrons. The quantitative estimate of drug-likeness (QED) is 0.792. The maximum Gasteiger partial charge on any atom is 0.227 e. The second-order valence-corrected chi connectivity index (χ2v) is 6.04. The van der Waals surface area contributed by atoms with Crippen LogP contribution in [0, 0.1) is 0 Å². The number of anilines is 1. The van der Waals surface area contributed by atoms with E-state index in [0.717, 1.165) is 29.0 Å². The van der Waals surface area contributed by atoms with Gasteiger partial charge in [0.05, 0.1) is 7.11 Å². The number of amides is 1. The Balaban J connectivity index is 1.65. The topological polar surface area (TPSA) is 46.6 Å². The first-order valence-electron chi connectivity index (χ1n) is 8.15. The predicted molar refractivity (Wildman–Crippen MR) is 93.8 cm³/mol. The molecule has 0 spiro atoms. The number of carbonyl (C=O) groups excluding carboxylic acids is 2. The molecule has 0 saturated carbocycles. The molecule has 24 heavy (non-hydrogen) atoms. The smallest absolute Gasteiger partial charge is 0.227 e. The highest BCUT2D eigenvalue weighted by Crippen LogP contribution is 2.29. The van der Waals surface area contributed by atoms with Crippen LogP contribution in [0.3, 0.4) is 0 Å². The molecule has 2 aromatic rings. The Hall–Kier alpha value is -2.62. The third-order valence-corrected chi connectivity index (χ3v) is 4.47. The van der Waals surface area contributed by atoms with Crippen LogP contribution in [0.25, 0.3) is 0 Å². The molecule has 3 rings (SSSR count). The fourth-order valence-electron chi connectivity index (χ4n) is 3.06. The van der Waals surface area contributed by atoms with E-state index in [0.29, 0.717) is 24.9 Å². The number of ketones is 1. The number of fused-ring (bicyclic) bond motifs is 1. The van der Waals surface area contributed by atoms with E-state index in [1.807, 2.05) is 41.3 Å². The predicted octanol–water partition coefficient (Wildman–Crippen LogP) is 3.42. The molecule has 0 aromatic heterocycles. The van der Waals surface area contributed by atoms with Gasteiger partial charge in [-0.15, -0.1) is 0 Å². The third kappa shape index (κ3) is 3.32. The summed E-state index contributed by atoms with van der Waals surface area (Å²) in [7, 11) is 1.64. The fourth-order valence-corrected chi connectivity index (χ4v) is 3.06. The SMILES string of the molecule is COc1ccc(CCC(=O)N2CCc3cc(C(C)=O)ccc32)cc1. The molecule has 1 aliphatic rings. The lowest BCUT2D eigenvalue weighted by molar-refractivity contribution is -0.118. The van der Waals surface area contributed by atoms with Crippen molar-refractivity contribution in [2.75, 3.05) is 18.6 Å². The maximum atomic E-state index is 12.6. The Morgan fingerprint density at radius 3 is 2.54 bits per heavy atom. The zero-order valence-electron chi connectivity index (χ0n) is 14.0. The number of hydrogen-bond acceptors (Lipinski definition) is 3. The minimum absolute atomic E-state index is 0.0575. The van der Waals surface area contributed by atoms with Gasteiger partial charge in [-0.1, -0.05) is 12.1 Å². The Morgan fingerprint density at radius 2 is 1.88 bits per heavy atom. The Morgan fingerprint density at radius 1 is 1.12 bits per heavy atom. The van der Waals surface area contributed by atoms with Crippen LogP contribution in [0.15, 0.2) is 42.5 Å². The number of carbonyl (C=O) groups is 2. The summed E-state index contributed by atoms with van der Waals surface area (Å²) in [6.07, 6.45) is 1.99. The molecule has 0 N–H and O–H groups in total. The minimum atomic E-state index is 0.0575. The molecule has 0 saturated heterocycles. The van der Waals surface area contributed by atoms with E-state index in [1.54, 1.807) is 20.1 Å². The zero-order chi connectivity index (χ0) is 17.1. The van der Waals surface area contributed by atoms with Crippen molar-refractivity contribution in [2.45, 2.75) is 26.2 Å². The van der Waals surface area contributed by atoms with Crippen LogP contribution in [-0.2, 0) is 17.6 Å². The second kappa shape index (κ2) is 6.87. The summed E-state index contributed by atoms with van der Waals surface area (Å²) in [5, 5.41) is 0. The summed E-state index contributed by atoms with van der Waals surface area (Å²) in [6, 6.07) is 13.4. The van der Waals surface area contributed by atoms with Gasteiger partial charge in [-0.2, -0.15) is 0 Å². The summed E-state index contributed by atoms with van der Waals surface area (Å²) < 4.78 is 5.14. The lowest BCUT2D eigenvalue weighted by atomic mass is 10.1. The second-order valence-electron chi connectivity index (χ2n) is 6.04. The molecule has 0 bridgehead atoms. The lowest BCUT2D eigenvalue weighted by Gasteiger charge is -2.17. The Bertz CT molecular complexity index is 765. The number of Topliss-reactive ketones (excluding diaryl/α,β-unsaturated/α-hetero) is 1. The van der Waals surface area contributed by atoms with Gasteiger partial charge < -0.3 is 9.64 Å². The standard InChI is InChI=1S/C20H21NO3/c1-14(22)16-6-9-19-17(13-16)11-12-21(19)20(23)10-5-15-3-7-18(24-2)8-4-15/h3-4,6-9,13H,5,10-12H2,1-2H3. The summed E-state index contributed by atoms with van der Waals surface area (Å²) in [6.45, 7) is 2.26. The molecule has 4 heteroatoms. The van der Waals surface area contributed by atoms with E-state index in [4.69, 9.17) is 4.74 Å². The Labute approximate surface area is 142 Å². The van der Waals surface area contributed by atoms with Gasteiger partial charge in [0.15, 0.2) is 5.78 Å². The lowest BCUT2D eigenvalue weighted by Crippen LogP contribution is -2.29. The highest BCUT2D eigenvalue weighted by molar-refractivity contribution is 5.98. The van der Waals surface area contributed by atoms with Crippen LogP contribution in [0.4, 0.5) is 5.69 Å². The van der Waals surface area contributed by atoms with Crippen molar-refractivity contribution in [1.82, 2.24) is 0 Å². The summed E-state index contributed by atoms with van der Waals surface area (Å²) in [4.78, 5) is 25.9. The molecule has 1 aliphatic heterocycles. The molecule has 0 aliphatic carbocycles. The van der Waals surface area contributed by atoms with Crippen molar-refractivity contribution in [2.24, 2.45) is 0 Å². The van der Waals surface area contributed by atoms with Crippen molar-refractivity contribution < 1.29 is 14.3 Å². The number of hydrogen-bond donors (Lipinski definition) is 0. The third-order valence-electron chi connectivity index (χ3n) is 4.47. The maximum absolute atomic E-state index is 12.6. The van der Waals surface area contributed by atoms with Crippen molar-refractivity contribution >= 4 is 17.4 Å². The van der Waals surface area contributed by atoms with Crippen molar-refractivity contribution in [3.8, 4) is 5.75 Å². The van der Waals surface area contributed by atoms with E-state index in [2.05, 4.69) is 0 Å². The molecule has 0 fully saturated rings. The van der Waals surface area contributed by atoms with Gasteiger partial charge in [-0.25, -0.2) is 0 Å². The molecule has 4 nitrogen and oxygen atoms in total. The number of ether oxygens (including phenoxy) is 1. The molecule has 1 heterocycles. The van der Waals surface area contributed by atoms with Gasteiger partial charge >= 0.3 is 0 Å². The molecular weight excluding hydrogens is 302 g/mol. The highest BCUT2D eigenvalue weighted by Gasteiger charge is 2.24. The minimum Gasteiger partial charge on any atom is -0.497 e. The van der Waals surface area contributed by atoms with Crippen LogP contribution >= 0.6 is 0 Å². The van der Waals surface area contributed by atoms with Crippen LogP contribution in [-0.4, -0.2) is 25.3 Å². The van der Waals surface area contributed by atoms with Crippen LogP contribution in [0.5, 0.6) is 5.75 Å². The average molecular weight is 323 g/mol. The molecule has 0 radical (unpaired) electrons. The van der Waals surface area contributed by atoms with Crippen LogP contribution < -0.4 is 9.64 Å². The van der Waals surface area contributed by atoms with E-state index in [-0.39, 0.29) is 11.7 Å². The van der Waals surface area contributed by atoms with E-state index in [1.165, 1.54) is 0 Å². The molecule has 0 atom stereocenters. The zero-order valence-corrected chi connectivity index (χ0v) is 14.0. The normalized spacial score (nSPS) is 12.8. The van der Waals surface area contributed by atoms with Crippen molar-refractivity contribution in [3.05, 3.63) is 59.2 Å². The van der Waals surface area contributed by atoms with Gasteiger partial charge in [-0.05, 0) is 61.2 Å². The van der Waals surface area contributed by atoms with Crippen LogP contribution in [0.1, 0.15) is 34.8 Å². The molecule has 1 amide bonds. The summed E-state index contributed by atoms with van der Waals surface area (Å²) >= 11 is 0. The first-order valence-corrected chi connectivity index (χ1v) is 8.15. The van der Waals surface area contributed by atoms with Gasteiger partial charge in [-0.3, -0.25) is 9.59 Å². The van der Waals surface area contributed by atoms with Gasteiger partial charge in [0.1, 0.15) is 5.75 Å². The summed E-state index contributed by atoms with van der Waals surface area (Å²) in [5.74, 6) is 1.00. The number of benzene rings is 2.